The van der Waals surface area contributed by atoms with Crippen LogP contribution in [0.3, 0.4) is 0 Å². The fourth-order valence-electron chi connectivity index (χ4n) is 1.28. The zero-order valence-corrected chi connectivity index (χ0v) is 9.49. The zero-order valence-electron chi connectivity index (χ0n) is 9.49. The molecule has 1 aromatic rings. The maximum Gasteiger partial charge on any atom is 0.328 e. The molecular weight excluding hydrogens is 242 g/mol. The molecule has 7 heteroatoms. The number of benzene rings is 1. The number of nitro benzene ring substituents is 1. The molecule has 18 heavy (non-hydrogen) atoms. The number of aromatic hydroxyl groups is 1. The number of hydrogen-bond donors (Lipinski definition) is 2. The first-order chi connectivity index (χ1) is 8.45. The molecule has 0 fully saturated rings. The second-order valence-corrected chi connectivity index (χ2v) is 3.25. The Morgan fingerprint density at radius 3 is 2.72 bits per heavy atom. The van der Waals surface area contributed by atoms with Crippen LogP contribution < -0.4 is 4.74 Å². The fraction of sp³-hybridized carbons (Fsp3) is 0.182. The van der Waals surface area contributed by atoms with Gasteiger partial charge in [-0.2, -0.15) is 0 Å². The number of ether oxygens (including phenoxy) is 1. The van der Waals surface area contributed by atoms with E-state index in [2.05, 4.69) is 0 Å². The van der Waals surface area contributed by atoms with E-state index >= 15 is 0 Å². The monoisotopic (exact) mass is 253 g/mol. The molecule has 1 rings (SSSR count). The molecule has 0 atom stereocenters. The second kappa shape index (κ2) is 5.67. The van der Waals surface area contributed by atoms with Gasteiger partial charge in [0.05, 0.1) is 11.5 Å². The predicted octanol–water partition coefficient (Wildman–Crippen LogP) is 1.80. The molecule has 0 unspecified atom stereocenters. The van der Waals surface area contributed by atoms with E-state index in [1.54, 1.807) is 6.92 Å². The van der Waals surface area contributed by atoms with Gasteiger partial charge in [0.1, 0.15) is 0 Å². The molecule has 0 spiro atoms. The number of carboxylic acid groups (broad SMARTS) is 1. The van der Waals surface area contributed by atoms with Crippen molar-refractivity contribution in [3.8, 4) is 11.5 Å². The van der Waals surface area contributed by atoms with Crippen LogP contribution in [0.1, 0.15) is 12.5 Å². The standard InChI is InChI=1S/C11H11NO6/c1-2-18-9-6-7(3-4-10(13)14)5-8(11(9)15)12(16)17/h3-6,15H,2H2,1H3,(H,13,14)/b4-3+. The van der Waals surface area contributed by atoms with Gasteiger partial charge < -0.3 is 14.9 Å². The lowest BCUT2D eigenvalue weighted by molar-refractivity contribution is -0.386. The Morgan fingerprint density at radius 1 is 1.56 bits per heavy atom. The predicted molar refractivity (Wildman–Crippen MR) is 62.6 cm³/mol. The maximum atomic E-state index is 10.7. The van der Waals surface area contributed by atoms with Crippen LogP contribution in [-0.2, 0) is 4.79 Å². The van der Waals surface area contributed by atoms with Crippen LogP contribution in [0.5, 0.6) is 11.5 Å². The van der Waals surface area contributed by atoms with Crippen LogP contribution in [0.15, 0.2) is 18.2 Å². The fourth-order valence-corrected chi connectivity index (χ4v) is 1.28. The maximum absolute atomic E-state index is 10.7. The number of aliphatic carboxylic acids is 1. The molecule has 0 aliphatic heterocycles. The van der Waals surface area contributed by atoms with Gasteiger partial charge in [0, 0.05) is 12.1 Å². The Morgan fingerprint density at radius 2 is 2.22 bits per heavy atom. The van der Waals surface area contributed by atoms with Gasteiger partial charge >= 0.3 is 11.7 Å². The molecule has 0 bridgehead atoms. The van der Waals surface area contributed by atoms with Gasteiger partial charge in [0.25, 0.3) is 0 Å². The van der Waals surface area contributed by atoms with E-state index in [9.17, 15) is 20.0 Å². The molecule has 2 N–H and O–H groups in total. The van der Waals surface area contributed by atoms with Crippen molar-refractivity contribution in [2.24, 2.45) is 0 Å². The highest BCUT2D eigenvalue weighted by Gasteiger charge is 2.19. The average Bonchev–Trinajstić information content (AvgIpc) is 2.29. The van der Waals surface area contributed by atoms with Crippen LogP contribution in [0.2, 0.25) is 0 Å². The van der Waals surface area contributed by atoms with E-state index in [0.29, 0.717) is 0 Å². The molecule has 0 heterocycles. The summed E-state index contributed by atoms with van der Waals surface area (Å²) in [5.41, 5.74) is -0.281. The van der Waals surface area contributed by atoms with Crippen molar-refractivity contribution in [3.05, 3.63) is 33.9 Å². The molecule has 0 saturated heterocycles. The summed E-state index contributed by atoms with van der Waals surface area (Å²) in [6.07, 6.45) is 2.02. The third-order valence-electron chi connectivity index (χ3n) is 1.99. The van der Waals surface area contributed by atoms with Crippen molar-refractivity contribution in [2.45, 2.75) is 6.92 Å². The van der Waals surface area contributed by atoms with E-state index in [0.717, 1.165) is 12.1 Å². The van der Waals surface area contributed by atoms with Gasteiger partial charge in [-0.3, -0.25) is 10.1 Å². The molecule has 96 valence electrons. The van der Waals surface area contributed by atoms with Crippen molar-refractivity contribution >= 4 is 17.7 Å². The van der Waals surface area contributed by atoms with Crippen molar-refractivity contribution in [1.29, 1.82) is 0 Å². The Labute approximate surface area is 102 Å². The van der Waals surface area contributed by atoms with Crippen LogP contribution in [0.25, 0.3) is 6.08 Å². The molecule has 1 aromatic carbocycles. The van der Waals surface area contributed by atoms with Gasteiger partial charge in [0.15, 0.2) is 5.75 Å². The largest absolute Gasteiger partial charge is 0.500 e. The highest BCUT2D eigenvalue weighted by Crippen LogP contribution is 2.37. The van der Waals surface area contributed by atoms with Crippen LogP contribution in [0.4, 0.5) is 5.69 Å². The summed E-state index contributed by atoms with van der Waals surface area (Å²) in [5.74, 6) is -1.81. The SMILES string of the molecule is CCOc1cc(/C=C/C(=O)O)cc([N+](=O)[O-])c1O. The average molecular weight is 253 g/mol. The lowest BCUT2D eigenvalue weighted by Gasteiger charge is -2.07. The Balaban J connectivity index is 3.28. The zero-order chi connectivity index (χ0) is 13.7. The van der Waals surface area contributed by atoms with Crippen molar-refractivity contribution < 1.29 is 24.7 Å². The molecule has 0 saturated carbocycles. The minimum Gasteiger partial charge on any atom is -0.500 e. The summed E-state index contributed by atoms with van der Waals surface area (Å²) in [6.45, 7) is 1.88. The topological polar surface area (TPSA) is 110 Å². The van der Waals surface area contributed by atoms with E-state index in [-0.39, 0.29) is 17.9 Å². The van der Waals surface area contributed by atoms with Gasteiger partial charge in [-0.1, -0.05) is 0 Å². The number of phenolic OH excluding ortho intramolecular Hbond substituents is 1. The first-order valence-electron chi connectivity index (χ1n) is 5.01. The summed E-state index contributed by atoms with van der Waals surface area (Å²) in [6, 6.07) is 2.39. The van der Waals surface area contributed by atoms with Gasteiger partial charge in [-0.05, 0) is 24.6 Å². The molecule has 0 aliphatic carbocycles. The molecule has 0 aliphatic rings. The number of phenols is 1. The summed E-state index contributed by atoms with van der Waals surface area (Å²) >= 11 is 0. The highest BCUT2D eigenvalue weighted by atomic mass is 16.6. The van der Waals surface area contributed by atoms with Crippen LogP contribution >= 0.6 is 0 Å². The number of nitrogens with zero attached hydrogens (tertiary/aromatic N) is 1. The van der Waals surface area contributed by atoms with Crippen molar-refractivity contribution in [2.75, 3.05) is 6.61 Å². The van der Waals surface area contributed by atoms with E-state index in [1.165, 1.54) is 12.1 Å². The minimum absolute atomic E-state index is 0.0586. The smallest absolute Gasteiger partial charge is 0.328 e. The normalized spacial score (nSPS) is 10.5. The Kier molecular flexibility index (Phi) is 4.25. The van der Waals surface area contributed by atoms with E-state index < -0.39 is 22.3 Å². The second-order valence-electron chi connectivity index (χ2n) is 3.25. The van der Waals surface area contributed by atoms with E-state index in [1.807, 2.05) is 0 Å². The number of hydrogen-bond acceptors (Lipinski definition) is 5. The Bertz CT molecular complexity index is 509. The lowest BCUT2D eigenvalue weighted by Crippen LogP contribution is -1.96. The number of rotatable bonds is 5. The highest BCUT2D eigenvalue weighted by molar-refractivity contribution is 5.85. The molecule has 0 amide bonds. The molecular formula is C11H11NO6. The molecule has 0 radical (unpaired) electrons. The van der Waals surface area contributed by atoms with Gasteiger partial charge in [-0.15, -0.1) is 0 Å². The third kappa shape index (κ3) is 3.21. The van der Waals surface area contributed by atoms with Gasteiger partial charge in [0.2, 0.25) is 5.75 Å². The Hall–Kier alpha value is -2.57. The first-order valence-corrected chi connectivity index (χ1v) is 5.01. The summed E-state index contributed by atoms with van der Waals surface area (Å²) in [5, 5.41) is 28.8. The summed E-state index contributed by atoms with van der Waals surface area (Å²) < 4.78 is 5.04. The number of carboxylic acids is 1. The first kappa shape index (κ1) is 13.5. The quantitative estimate of drug-likeness (QED) is 0.470. The minimum atomic E-state index is -1.18. The van der Waals surface area contributed by atoms with E-state index in [4.69, 9.17) is 9.84 Å². The number of carbonyl (C=O) groups is 1. The van der Waals surface area contributed by atoms with Gasteiger partial charge in [-0.25, -0.2) is 4.79 Å². The lowest BCUT2D eigenvalue weighted by atomic mass is 10.1. The molecule has 7 nitrogen and oxygen atoms in total. The van der Waals surface area contributed by atoms with Crippen LogP contribution in [0, 0.1) is 10.1 Å². The van der Waals surface area contributed by atoms with Crippen molar-refractivity contribution in [3.63, 3.8) is 0 Å². The summed E-state index contributed by atoms with van der Waals surface area (Å²) in [4.78, 5) is 20.3. The number of nitro groups is 1. The van der Waals surface area contributed by atoms with Crippen molar-refractivity contribution in [1.82, 2.24) is 0 Å². The van der Waals surface area contributed by atoms with Crippen LogP contribution in [-0.4, -0.2) is 27.7 Å². The summed E-state index contributed by atoms with van der Waals surface area (Å²) in [7, 11) is 0. The third-order valence-corrected chi connectivity index (χ3v) is 1.99. The molecule has 0 aromatic heterocycles.